The van der Waals surface area contributed by atoms with Gasteiger partial charge in [0.05, 0.1) is 5.02 Å². The summed E-state index contributed by atoms with van der Waals surface area (Å²) in [6, 6.07) is 14.1. The van der Waals surface area contributed by atoms with E-state index in [2.05, 4.69) is 10.2 Å². The van der Waals surface area contributed by atoms with Crippen molar-refractivity contribution in [3.05, 3.63) is 64.9 Å². The van der Waals surface area contributed by atoms with Gasteiger partial charge in [-0.3, -0.25) is 0 Å². The topological polar surface area (TPSA) is 30.7 Å². The zero-order valence-corrected chi connectivity index (χ0v) is 14.1. The maximum atomic E-state index is 13.0. The lowest BCUT2D eigenvalue weighted by molar-refractivity contribution is 0.627. The Kier molecular flexibility index (Phi) is 4.98. The van der Waals surface area contributed by atoms with Gasteiger partial charge in [0.1, 0.15) is 5.82 Å². The van der Waals surface area contributed by atoms with Crippen molar-refractivity contribution in [1.82, 2.24) is 14.8 Å². The summed E-state index contributed by atoms with van der Waals surface area (Å²) in [5.74, 6) is 1.25. The lowest BCUT2D eigenvalue weighted by atomic mass is 10.2. The molecule has 0 spiro atoms. The molecule has 0 amide bonds. The van der Waals surface area contributed by atoms with Gasteiger partial charge in [0, 0.05) is 17.9 Å². The van der Waals surface area contributed by atoms with Crippen LogP contribution in [0.5, 0.6) is 0 Å². The molecule has 0 fully saturated rings. The zero-order valence-electron chi connectivity index (χ0n) is 12.5. The van der Waals surface area contributed by atoms with Crippen LogP contribution in [0.25, 0.3) is 11.4 Å². The number of benzene rings is 2. The van der Waals surface area contributed by atoms with Crippen LogP contribution in [0.4, 0.5) is 4.39 Å². The van der Waals surface area contributed by atoms with Crippen LogP contribution in [0.1, 0.15) is 12.5 Å². The minimum absolute atomic E-state index is 0.225. The van der Waals surface area contributed by atoms with E-state index in [4.69, 9.17) is 11.6 Å². The third kappa shape index (κ3) is 3.57. The van der Waals surface area contributed by atoms with Crippen LogP contribution in [0, 0.1) is 5.82 Å². The van der Waals surface area contributed by atoms with Crippen LogP contribution in [0.15, 0.2) is 53.7 Å². The molecule has 0 aliphatic rings. The van der Waals surface area contributed by atoms with E-state index in [0.29, 0.717) is 10.8 Å². The summed E-state index contributed by atoms with van der Waals surface area (Å²) in [4.78, 5) is 0. The standard InChI is InChI=1S/C17H15ClFN3S/c1-2-22-16(14-5-3-4-6-15(14)18)20-21-17(22)23-11-12-7-9-13(19)10-8-12/h3-10H,2,11H2,1H3. The van der Waals surface area contributed by atoms with Crippen molar-refractivity contribution in [1.29, 1.82) is 0 Å². The lowest BCUT2D eigenvalue weighted by Crippen LogP contribution is -2.00. The lowest BCUT2D eigenvalue weighted by Gasteiger charge is -2.08. The molecule has 1 heterocycles. The number of nitrogens with zero attached hydrogens (tertiary/aromatic N) is 3. The Morgan fingerprint density at radius 3 is 2.52 bits per heavy atom. The molecule has 0 saturated heterocycles. The summed E-state index contributed by atoms with van der Waals surface area (Å²) in [5, 5.41) is 10.1. The second-order valence-electron chi connectivity index (χ2n) is 4.95. The van der Waals surface area contributed by atoms with E-state index in [1.807, 2.05) is 35.8 Å². The first-order chi connectivity index (χ1) is 11.2. The Balaban J connectivity index is 1.84. The Hall–Kier alpha value is -1.85. The molecule has 0 atom stereocenters. The van der Waals surface area contributed by atoms with Gasteiger partial charge in [-0.2, -0.15) is 0 Å². The number of rotatable bonds is 5. The fourth-order valence-corrected chi connectivity index (χ4v) is 3.43. The van der Waals surface area contributed by atoms with E-state index in [0.717, 1.165) is 28.7 Å². The van der Waals surface area contributed by atoms with Crippen LogP contribution in [0.3, 0.4) is 0 Å². The fourth-order valence-electron chi connectivity index (χ4n) is 2.25. The number of aromatic nitrogens is 3. The second kappa shape index (κ2) is 7.15. The zero-order chi connectivity index (χ0) is 16.2. The normalized spacial score (nSPS) is 10.9. The Morgan fingerprint density at radius 2 is 1.83 bits per heavy atom. The van der Waals surface area contributed by atoms with E-state index in [9.17, 15) is 4.39 Å². The highest BCUT2D eigenvalue weighted by Crippen LogP contribution is 2.30. The minimum atomic E-state index is -0.225. The van der Waals surface area contributed by atoms with Crippen molar-refractivity contribution >= 4 is 23.4 Å². The smallest absolute Gasteiger partial charge is 0.191 e. The molecule has 0 N–H and O–H groups in total. The highest BCUT2D eigenvalue weighted by atomic mass is 35.5. The third-order valence-electron chi connectivity index (χ3n) is 3.43. The number of thioether (sulfide) groups is 1. The number of hydrogen-bond donors (Lipinski definition) is 0. The quantitative estimate of drug-likeness (QED) is 0.605. The third-order valence-corrected chi connectivity index (χ3v) is 4.80. The van der Waals surface area contributed by atoms with Crippen molar-refractivity contribution in [3.63, 3.8) is 0 Å². The van der Waals surface area contributed by atoms with Crippen LogP contribution in [0.2, 0.25) is 5.02 Å². The summed E-state index contributed by atoms with van der Waals surface area (Å²) >= 11 is 7.84. The molecule has 118 valence electrons. The van der Waals surface area contributed by atoms with Gasteiger partial charge in [0.2, 0.25) is 0 Å². The molecule has 0 radical (unpaired) electrons. The van der Waals surface area contributed by atoms with E-state index in [1.54, 1.807) is 23.9 Å². The Morgan fingerprint density at radius 1 is 1.09 bits per heavy atom. The molecule has 0 bridgehead atoms. The highest BCUT2D eigenvalue weighted by molar-refractivity contribution is 7.98. The van der Waals surface area contributed by atoms with Crippen molar-refractivity contribution in [3.8, 4) is 11.4 Å². The van der Waals surface area contributed by atoms with Crippen molar-refractivity contribution in [2.24, 2.45) is 0 Å². The first kappa shape index (κ1) is 16.0. The summed E-state index contributed by atoms with van der Waals surface area (Å²) in [5.41, 5.74) is 1.92. The Bertz CT molecular complexity index is 802. The molecular formula is C17H15ClFN3S. The molecule has 23 heavy (non-hydrogen) atoms. The van der Waals surface area contributed by atoms with Gasteiger partial charge in [-0.25, -0.2) is 4.39 Å². The van der Waals surface area contributed by atoms with Gasteiger partial charge < -0.3 is 4.57 Å². The molecule has 0 aliphatic heterocycles. The maximum Gasteiger partial charge on any atom is 0.191 e. The molecule has 3 aromatic rings. The van der Waals surface area contributed by atoms with Gasteiger partial charge >= 0.3 is 0 Å². The molecule has 2 aromatic carbocycles. The summed E-state index contributed by atoms with van der Waals surface area (Å²) in [7, 11) is 0. The summed E-state index contributed by atoms with van der Waals surface area (Å²) in [6.07, 6.45) is 0. The van der Waals surface area contributed by atoms with Crippen LogP contribution < -0.4 is 0 Å². The largest absolute Gasteiger partial charge is 0.302 e. The molecule has 0 saturated carbocycles. The van der Waals surface area contributed by atoms with E-state index < -0.39 is 0 Å². The van der Waals surface area contributed by atoms with E-state index in [-0.39, 0.29) is 5.82 Å². The van der Waals surface area contributed by atoms with Gasteiger partial charge in [-0.05, 0) is 36.8 Å². The van der Waals surface area contributed by atoms with Crippen LogP contribution in [-0.2, 0) is 12.3 Å². The average Bonchev–Trinajstić information content (AvgIpc) is 2.97. The molecule has 3 nitrogen and oxygen atoms in total. The maximum absolute atomic E-state index is 13.0. The molecular weight excluding hydrogens is 333 g/mol. The molecule has 6 heteroatoms. The van der Waals surface area contributed by atoms with Gasteiger partial charge in [0.25, 0.3) is 0 Å². The molecule has 1 aromatic heterocycles. The second-order valence-corrected chi connectivity index (χ2v) is 6.30. The highest BCUT2D eigenvalue weighted by Gasteiger charge is 2.15. The average molecular weight is 348 g/mol. The Labute approximate surface area is 143 Å². The molecule has 0 aliphatic carbocycles. The first-order valence-electron chi connectivity index (χ1n) is 7.24. The monoisotopic (exact) mass is 347 g/mol. The van der Waals surface area contributed by atoms with Gasteiger partial charge in [-0.15, -0.1) is 10.2 Å². The van der Waals surface area contributed by atoms with Gasteiger partial charge in [0.15, 0.2) is 11.0 Å². The van der Waals surface area contributed by atoms with Gasteiger partial charge in [-0.1, -0.05) is 47.6 Å². The summed E-state index contributed by atoms with van der Waals surface area (Å²) < 4.78 is 15.0. The van der Waals surface area contributed by atoms with Crippen molar-refractivity contribution in [2.45, 2.75) is 24.4 Å². The predicted molar refractivity (Wildman–Crippen MR) is 92.1 cm³/mol. The first-order valence-corrected chi connectivity index (χ1v) is 8.60. The molecule has 0 unspecified atom stereocenters. The van der Waals surface area contributed by atoms with E-state index in [1.165, 1.54) is 12.1 Å². The van der Waals surface area contributed by atoms with Crippen molar-refractivity contribution in [2.75, 3.05) is 0 Å². The fraction of sp³-hybridized carbons (Fsp3) is 0.176. The van der Waals surface area contributed by atoms with E-state index >= 15 is 0 Å². The SMILES string of the molecule is CCn1c(SCc2ccc(F)cc2)nnc1-c1ccccc1Cl. The van der Waals surface area contributed by atoms with Crippen LogP contribution >= 0.6 is 23.4 Å². The minimum Gasteiger partial charge on any atom is -0.302 e. The predicted octanol–water partition coefficient (Wildman–Crippen LogP) is 5.05. The number of hydrogen-bond acceptors (Lipinski definition) is 3. The van der Waals surface area contributed by atoms with Crippen molar-refractivity contribution < 1.29 is 4.39 Å². The molecule has 3 rings (SSSR count). The van der Waals surface area contributed by atoms with Crippen LogP contribution in [-0.4, -0.2) is 14.8 Å². The number of halogens is 2. The summed E-state index contributed by atoms with van der Waals surface area (Å²) in [6.45, 7) is 2.80.